The van der Waals surface area contributed by atoms with E-state index in [0.717, 1.165) is 0 Å². The second-order valence-electron chi connectivity index (χ2n) is 6.03. The van der Waals surface area contributed by atoms with Crippen LogP contribution in [0.1, 0.15) is 15.9 Å². The van der Waals surface area contributed by atoms with E-state index >= 15 is 0 Å². The molecule has 0 saturated carbocycles. The average Bonchev–Trinajstić information content (AvgIpc) is 2.66. The Kier molecular flexibility index (Phi) is 5.67. The number of nitrogens with one attached hydrogen (secondary N) is 2. The van der Waals surface area contributed by atoms with Crippen LogP contribution < -0.4 is 10.0 Å². The highest BCUT2D eigenvalue weighted by molar-refractivity contribution is 7.92. The van der Waals surface area contributed by atoms with Crippen molar-refractivity contribution in [2.24, 2.45) is 0 Å². The zero-order valence-electron chi connectivity index (χ0n) is 14.7. The number of hydrogen-bond donors (Lipinski definition) is 2. The molecule has 0 aliphatic heterocycles. The highest BCUT2D eigenvalue weighted by Gasteiger charge is 2.18. The number of anilines is 2. The molecular weight excluding hydrogens is 403 g/mol. The van der Waals surface area contributed by atoms with Crippen LogP contribution in [-0.4, -0.2) is 14.3 Å². The summed E-state index contributed by atoms with van der Waals surface area (Å²) in [4.78, 5) is 12.3. The Hall–Kier alpha value is -2.90. The quantitative estimate of drug-likeness (QED) is 0.622. The van der Waals surface area contributed by atoms with Crippen LogP contribution in [0.15, 0.2) is 71.6 Å². The first-order valence-corrected chi connectivity index (χ1v) is 10.1. The third kappa shape index (κ3) is 4.49. The molecule has 3 aromatic carbocycles. The fraction of sp³-hybridized carbons (Fsp3) is 0.0500. The van der Waals surface area contributed by atoms with Crippen molar-refractivity contribution in [2.45, 2.75) is 11.8 Å². The molecule has 3 aromatic rings. The fourth-order valence-electron chi connectivity index (χ4n) is 2.43. The van der Waals surface area contributed by atoms with Gasteiger partial charge < -0.3 is 5.32 Å². The molecule has 0 fully saturated rings. The first-order chi connectivity index (χ1) is 13.3. The number of para-hydroxylation sites is 1. The van der Waals surface area contributed by atoms with E-state index in [2.05, 4.69) is 10.0 Å². The zero-order valence-corrected chi connectivity index (χ0v) is 16.3. The normalized spacial score (nSPS) is 11.1. The predicted octanol–water partition coefficient (Wildman–Crippen LogP) is 4.84. The van der Waals surface area contributed by atoms with E-state index in [1.54, 1.807) is 37.3 Å². The summed E-state index contributed by atoms with van der Waals surface area (Å²) < 4.78 is 41.3. The molecule has 28 heavy (non-hydrogen) atoms. The van der Waals surface area contributed by atoms with Crippen LogP contribution in [0.5, 0.6) is 0 Å². The molecule has 0 atom stereocenters. The first kappa shape index (κ1) is 19.9. The Morgan fingerprint density at radius 1 is 1.00 bits per heavy atom. The molecule has 0 unspecified atom stereocenters. The summed E-state index contributed by atoms with van der Waals surface area (Å²) in [5.41, 5.74) is 1.07. The SMILES string of the molecule is Cc1ccc(NC(=O)c2cccc(S(=O)(=O)Nc3ccccc3Cl)c2)cc1F. The van der Waals surface area contributed by atoms with Crippen molar-refractivity contribution in [1.82, 2.24) is 0 Å². The van der Waals surface area contributed by atoms with Crippen LogP contribution in [0.4, 0.5) is 15.8 Å². The van der Waals surface area contributed by atoms with Crippen molar-refractivity contribution in [1.29, 1.82) is 0 Å². The van der Waals surface area contributed by atoms with Crippen LogP contribution in [0.3, 0.4) is 0 Å². The second kappa shape index (κ2) is 8.00. The number of aryl methyl sites for hydroxylation is 1. The second-order valence-corrected chi connectivity index (χ2v) is 8.12. The molecule has 2 N–H and O–H groups in total. The minimum absolute atomic E-state index is 0.102. The van der Waals surface area contributed by atoms with Gasteiger partial charge in [-0.25, -0.2) is 12.8 Å². The van der Waals surface area contributed by atoms with Crippen molar-refractivity contribution in [2.75, 3.05) is 10.0 Å². The lowest BCUT2D eigenvalue weighted by Gasteiger charge is -2.11. The summed E-state index contributed by atoms with van der Waals surface area (Å²) in [6.07, 6.45) is 0. The summed E-state index contributed by atoms with van der Waals surface area (Å²) >= 11 is 5.99. The molecule has 144 valence electrons. The first-order valence-electron chi connectivity index (χ1n) is 8.21. The van der Waals surface area contributed by atoms with E-state index in [9.17, 15) is 17.6 Å². The molecule has 0 aromatic heterocycles. The molecule has 0 bridgehead atoms. The smallest absolute Gasteiger partial charge is 0.261 e. The Bertz CT molecular complexity index is 1150. The summed E-state index contributed by atoms with van der Waals surface area (Å²) in [6.45, 7) is 1.61. The number of hydrogen-bond acceptors (Lipinski definition) is 3. The third-order valence-electron chi connectivity index (χ3n) is 3.95. The van der Waals surface area contributed by atoms with Crippen molar-refractivity contribution >= 4 is 38.9 Å². The van der Waals surface area contributed by atoms with Gasteiger partial charge in [0.2, 0.25) is 0 Å². The maximum absolute atomic E-state index is 13.6. The topological polar surface area (TPSA) is 75.3 Å². The van der Waals surface area contributed by atoms with E-state index in [-0.39, 0.29) is 26.9 Å². The Balaban J connectivity index is 1.83. The average molecular weight is 419 g/mol. The van der Waals surface area contributed by atoms with E-state index < -0.39 is 21.7 Å². The standard InChI is InChI=1S/C20H16ClFN2O3S/c1-13-9-10-15(12-18(13)22)23-20(25)14-5-4-6-16(11-14)28(26,27)24-19-8-3-2-7-17(19)21/h2-12,24H,1H3,(H,23,25). The van der Waals surface area contributed by atoms with Gasteiger partial charge in [0.1, 0.15) is 5.82 Å². The molecule has 8 heteroatoms. The third-order valence-corrected chi connectivity index (χ3v) is 5.65. The lowest BCUT2D eigenvalue weighted by molar-refractivity contribution is 0.102. The molecule has 1 amide bonds. The van der Waals surface area contributed by atoms with Gasteiger partial charge in [-0.15, -0.1) is 0 Å². The maximum atomic E-state index is 13.6. The molecule has 5 nitrogen and oxygen atoms in total. The van der Waals surface area contributed by atoms with Crippen LogP contribution >= 0.6 is 11.6 Å². The number of sulfonamides is 1. The molecule has 0 aliphatic rings. The monoisotopic (exact) mass is 418 g/mol. The molecule has 0 saturated heterocycles. The fourth-order valence-corrected chi connectivity index (χ4v) is 3.79. The highest BCUT2D eigenvalue weighted by Crippen LogP contribution is 2.24. The largest absolute Gasteiger partial charge is 0.322 e. The summed E-state index contributed by atoms with van der Waals surface area (Å²) in [7, 11) is -3.95. The number of benzene rings is 3. The van der Waals surface area contributed by atoms with Crippen molar-refractivity contribution in [3.05, 3.63) is 88.7 Å². The highest BCUT2D eigenvalue weighted by atomic mass is 35.5. The molecule has 0 spiro atoms. The van der Waals surface area contributed by atoms with Crippen molar-refractivity contribution in [3.8, 4) is 0 Å². The number of amides is 1. The number of carbonyl (C=O) groups excluding carboxylic acids is 1. The molecular formula is C20H16ClFN2O3S. The van der Waals surface area contributed by atoms with E-state index in [1.807, 2.05) is 0 Å². The van der Waals surface area contributed by atoms with E-state index in [1.165, 1.54) is 36.4 Å². The molecule has 3 rings (SSSR count). The number of rotatable bonds is 5. The molecule has 0 aliphatic carbocycles. The number of carbonyl (C=O) groups is 1. The van der Waals surface area contributed by atoms with Crippen LogP contribution in [0.2, 0.25) is 5.02 Å². The van der Waals surface area contributed by atoms with Gasteiger partial charge in [0.15, 0.2) is 0 Å². The van der Waals surface area contributed by atoms with Gasteiger partial charge in [-0.1, -0.05) is 35.9 Å². The Morgan fingerprint density at radius 3 is 2.46 bits per heavy atom. The van der Waals surface area contributed by atoms with Crippen molar-refractivity contribution < 1.29 is 17.6 Å². The summed E-state index contributed by atoms with van der Waals surface area (Å²) in [5.74, 6) is -1.00. The summed E-state index contributed by atoms with van der Waals surface area (Å²) in [6, 6.07) is 16.2. The van der Waals surface area contributed by atoms with Gasteiger partial charge in [0, 0.05) is 11.3 Å². The Labute approximate surface area is 167 Å². The molecule has 0 heterocycles. The molecule has 0 radical (unpaired) electrons. The zero-order chi connectivity index (χ0) is 20.3. The van der Waals surface area contributed by atoms with Crippen LogP contribution in [0, 0.1) is 12.7 Å². The van der Waals surface area contributed by atoms with Crippen LogP contribution in [-0.2, 0) is 10.0 Å². The minimum Gasteiger partial charge on any atom is -0.322 e. The maximum Gasteiger partial charge on any atom is 0.261 e. The minimum atomic E-state index is -3.95. The van der Waals surface area contributed by atoms with Gasteiger partial charge in [-0.05, 0) is 55.0 Å². The Morgan fingerprint density at radius 2 is 1.75 bits per heavy atom. The lowest BCUT2D eigenvalue weighted by atomic mass is 10.2. The van der Waals surface area contributed by atoms with E-state index in [4.69, 9.17) is 11.6 Å². The van der Waals surface area contributed by atoms with Gasteiger partial charge in [0.05, 0.1) is 15.6 Å². The number of halogens is 2. The van der Waals surface area contributed by atoms with Crippen molar-refractivity contribution in [3.63, 3.8) is 0 Å². The van der Waals surface area contributed by atoms with Gasteiger partial charge in [0.25, 0.3) is 15.9 Å². The van der Waals surface area contributed by atoms with Gasteiger partial charge in [-0.3, -0.25) is 9.52 Å². The predicted molar refractivity (Wildman–Crippen MR) is 108 cm³/mol. The van der Waals surface area contributed by atoms with Crippen LogP contribution in [0.25, 0.3) is 0 Å². The van der Waals surface area contributed by atoms with E-state index in [0.29, 0.717) is 5.56 Å². The lowest BCUT2D eigenvalue weighted by Crippen LogP contribution is -2.16. The summed E-state index contributed by atoms with van der Waals surface area (Å²) in [5, 5.41) is 2.80. The van der Waals surface area contributed by atoms with Gasteiger partial charge in [-0.2, -0.15) is 0 Å². The van der Waals surface area contributed by atoms with Gasteiger partial charge >= 0.3 is 0 Å².